The number of hydrogen-bond donors (Lipinski definition) is 2. The van der Waals surface area contributed by atoms with E-state index < -0.39 is 11.6 Å². The molecule has 1 aliphatic rings. The predicted octanol–water partition coefficient (Wildman–Crippen LogP) is 0.638. The van der Waals surface area contributed by atoms with Crippen LogP contribution in [-0.4, -0.2) is 40.8 Å². The third-order valence-electron chi connectivity index (χ3n) is 2.96. The van der Waals surface area contributed by atoms with E-state index in [-0.39, 0.29) is 25.5 Å². The van der Waals surface area contributed by atoms with Gasteiger partial charge in [0.2, 0.25) is 5.91 Å². The molecule has 1 atom stereocenters. The molecule has 0 saturated heterocycles. The molecule has 2 N–H and O–H groups in total. The minimum Gasteiger partial charge on any atom is -0.491 e. The smallest absolute Gasteiger partial charge is 0.337 e. The van der Waals surface area contributed by atoms with Crippen molar-refractivity contribution in [3.63, 3.8) is 0 Å². The van der Waals surface area contributed by atoms with Crippen LogP contribution in [0.2, 0.25) is 0 Å². The summed E-state index contributed by atoms with van der Waals surface area (Å²) >= 11 is 0. The number of anilines is 1. The Morgan fingerprint density at radius 1 is 1.47 bits per heavy atom. The van der Waals surface area contributed by atoms with Crippen LogP contribution < -0.4 is 9.64 Å². The van der Waals surface area contributed by atoms with Crippen LogP contribution in [0.1, 0.15) is 13.3 Å². The lowest BCUT2D eigenvalue weighted by atomic mass is 10.1. The number of para-hydroxylation sites is 2. The number of carbonyl (C=O) groups excluding carboxylic acids is 1. The highest BCUT2D eigenvalue weighted by Crippen LogP contribution is 2.31. The maximum Gasteiger partial charge on any atom is 0.337 e. The molecule has 1 unspecified atom stereocenters. The van der Waals surface area contributed by atoms with Gasteiger partial charge in [0.1, 0.15) is 5.75 Å². The zero-order valence-electron chi connectivity index (χ0n) is 10.5. The first kappa shape index (κ1) is 13.4. The maximum atomic E-state index is 12.0. The standard InChI is InChI=1S/C13H15NO5/c1-13(18,12(16)17)8-14-9-4-2-3-5-10(9)19-7-6-11(14)15/h2-5,18H,6-8H2,1H3,(H,16,17). The Morgan fingerprint density at radius 3 is 2.84 bits per heavy atom. The molecule has 6 nitrogen and oxygen atoms in total. The average molecular weight is 265 g/mol. The Bertz CT molecular complexity index is 512. The van der Waals surface area contributed by atoms with Crippen molar-refractivity contribution >= 4 is 17.6 Å². The van der Waals surface area contributed by atoms with Gasteiger partial charge in [0.25, 0.3) is 0 Å². The van der Waals surface area contributed by atoms with Gasteiger partial charge in [-0.05, 0) is 19.1 Å². The van der Waals surface area contributed by atoms with Gasteiger partial charge in [-0.3, -0.25) is 4.79 Å². The van der Waals surface area contributed by atoms with Crippen molar-refractivity contribution in [2.24, 2.45) is 0 Å². The highest BCUT2D eigenvalue weighted by atomic mass is 16.5. The first-order valence-corrected chi connectivity index (χ1v) is 5.90. The Labute approximate surface area is 110 Å². The highest BCUT2D eigenvalue weighted by Gasteiger charge is 2.36. The zero-order valence-corrected chi connectivity index (χ0v) is 10.5. The summed E-state index contributed by atoms with van der Waals surface area (Å²) in [6.45, 7) is 1.08. The first-order valence-electron chi connectivity index (χ1n) is 5.90. The number of ether oxygens (including phenoxy) is 1. The fraction of sp³-hybridized carbons (Fsp3) is 0.385. The van der Waals surface area contributed by atoms with Crippen molar-refractivity contribution in [1.29, 1.82) is 0 Å². The van der Waals surface area contributed by atoms with Gasteiger partial charge < -0.3 is 19.8 Å². The predicted molar refractivity (Wildman–Crippen MR) is 67.2 cm³/mol. The molecule has 0 saturated carbocycles. The summed E-state index contributed by atoms with van der Waals surface area (Å²) < 4.78 is 5.43. The van der Waals surface area contributed by atoms with Crippen LogP contribution in [0.4, 0.5) is 5.69 Å². The topological polar surface area (TPSA) is 87.1 Å². The van der Waals surface area contributed by atoms with Crippen molar-refractivity contribution in [3.8, 4) is 5.75 Å². The molecule has 1 aromatic rings. The zero-order chi connectivity index (χ0) is 14.0. The van der Waals surface area contributed by atoms with Gasteiger partial charge in [-0.15, -0.1) is 0 Å². The molecular formula is C13H15NO5. The lowest BCUT2D eigenvalue weighted by molar-refractivity contribution is -0.155. The SMILES string of the molecule is CC(O)(CN1C(=O)CCOc2ccccc21)C(=O)O. The van der Waals surface area contributed by atoms with Crippen LogP contribution in [0.15, 0.2) is 24.3 Å². The van der Waals surface area contributed by atoms with Crippen LogP contribution in [-0.2, 0) is 9.59 Å². The first-order chi connectivity index (χ1) is 8.92. The van der Waals surface area contributed by atoms with Gasteiger partial charge in [-0.2, -0.15) is 0 Å². The van der Waals surface area contributed by atoms with E-state index >= 15 is 0 Å². The lowest BCUT2D eigenvalue weighted by Crippen LogP contribution is -2.48. The summed E-state index contributed by atoms with van der Waals surface area (Å²) in [4.78, 5) is 24.3. The molecule has 1 aromatic carbocycles. The number of β-amino-alcohol motifs (C(OH)–C–C–N with tert-alkyl or cyclic N) is 1. The molecule has 1 amide bonds. The van der Waals surface area contributed by atoms with Crippen molar-refractivity contribution in [2.75, 3.05) is 18.1 Å². The Hall–Kier alpha value is -2.08. The van der Waals surface area contributed by atoms with Gasteiger partial charge >= 0.3 is 5.97 Å². The van der Waals surface area contributed by atoms with Crippen LogP contribution in [0, 0.1) is 0 Å². The van der Waals surface area contributed by atoms with E-state index in [4.69, 9.17) is 9.84 Å². The van der Waals surface area contributed by atoms with E-state index in [9.17, 15) is 14.7 Å². The Balaban J connectivity index is 2.37. The molecule has 1 aliphatic heterocycles. The summed E-state index contributed by atoms with van der Waals surface area (Å²) in [7, 11) is 0. The van der Waals surface area contributed by atoms with E-state index in [1.807, 2.05) is 0 Å². The third-order valence-corrected chi connectivity index (χ3v) is 2.96. The van der Waals surface area contributed by atoms with E-state index in [1.54, 1.807) is 24.3 Å². The number of aliphatic carboxylic acids is 1. The molecule has 19 heavy (non-hydrogen) atoms. The fourth-order valence-electron chi connectivity index (χ4n) is 1.87. The molecule has 0 radical (unpaired) electrons. The average Bonchev–Trinajstić information content (AvgIpc) is 2.50. The molecule has 1 heterocycles. The second-order valence-corrected chi connectivity index (χ2v) is 4.63. The maximum absolute atomic E-state index is 12.0. The third kappa shape index (κ3) is 2.68. The van der Waals surface area contributed by atoms with Crippen molar-refractivity contribution < 1.29 is 24.5 Å². The highest BCUT2D eigenvalue weighted by molar-refractivity contribution is 5.96. The molecule has 0 aromatic heterocycles. The molecule has 6 heteroatoms. The fourth-order valence-corrected chi connectivity index (χ4v) is 1.87. The summed E-state index contributed by atoms with van der Waals surface area (Å²) in [6.07, 6.45) is 0.143. The number of aliphatic hydroxyl groups is 1. The van der Waals surface area contributed by atoms with Gasteiger partial charge in [0, 0.05) is 0 Å². The van der Waals surface area contributed by atoms with Gasteiger partial charge in [-0.25, -0.2) is 4.79 Å². The number of rotatable bonds is 3. The minimum atomic E-state index is -2.01. The molecule has 0 fully saturated rings. The quantitative estimate of drug-likeness (QED) is 0.837. The number of benzene rings is 1. The number of fused-ring (bicyclic) bond motifs is 1. The van der Waals surface area contributed by atoms with Gasteiger partial charge in [0.05, 0.1) is 25.3 Å². The second kappa shape index (κ2) is 4.89. The molecule has 102 valence electrons. The number of hydrogen-bond acceptors (Lipinski definition) is 4. The largest absolute Gasteiger partial charge is 0.491 e. The monoisotopic (exact) mass is 265 g/mol. The number of nitrogens with zero attached hydrogens (tertiary/aromatic N) is 1. The van der Waals surface area contributed by atoms with Crippen molar-refractivity contribution in [2.45, 2.75) is 18.9 Å². The second-order valence-electron chi connectivity index (χ2n) is 4.63. The number of carbonyl (C=O) groups is 2. The summed E-state index contributed by atoms with van der Waals surface area (Å²) in [5, 5.41) is 18.8. The Kier molecular flexibility index (Phi) is 3.44. The van der Waals surface area contributed by atoms with Gasteiger partial charge in [0.15, 0.2) is 5.60 Å². The molecule has 0 spiro atoms. The molecular weight excluding hydrogens is 250 g/mol. The van der Waals surface area contributed by atoms with Crippen LogP contribution in [0.3, 0.4) is 0 Å². The van der Waals surface area contributed by atoms with E-state index in [0.717, 1.165) is 6.92 Å². The minimum absolute atomic E-state index is 0.143. The normalized spacial score (nSPS) is 18.0. The Morgan fingerprint density at radius 2 is 2.16 bits per heavy atom. The van der Waals surface area contributed by atoms with E-state index in [0.29, 0.717) is 11.4 Å². The lowest BCUT2D eigenvalue weighted by Gasteiger charge is -2.28. The number of carboxylic acid groups (broad SMARTS) is 1. The van der Waals surface area contributed by atoms with Gasteiger partial charge in [-0.1, -0.05) is 12.1 Å². The number of amides is 1. The molecule has 0 aliphatic carbocycles. The van der Waals surface area contributed by atoms with Crippen LogP contribution >= 0.6 is 0 Å². The van der Waals surface area contributed by atoms with Crippen molar-refractivity contribution in [3.05, 3.63) is 24.3 Å². The summed E-state index contributed by atoms with van der Waals surface area (Å²) in [5.74, 6) is -1.14. The van der Waals surface area contributed by atoms with Crippen LogP contribution in [0.25, 0.3) is 0 Å². The van der Waals surface area contributed by atoms with E-state index in [1.165, 1.54) is 4.90 Å². The summed E-state index contributed by atoms with van der Waals surface area (Å²) in [6, 6.07) is 6.86. The van der Waals surface area contributed by atoms with Crippen molar-refractivity contribution in [1.82, 2.24) is 0 Å². The molecule has 0 bridgehead atoms. The number of carboxylic acids is 1. The van der Waals surface area contributed by atoms with Crippen LogP contribution in [0.5, 0.6) is 5.75 Å². The van der Waals surface area contributed by atoms with E-state index in [2.05, 4.69) is 0 Å². The summed E-state index contributed by atoms with van der Waals surface area (Å²) in [5.41, 5.74) is -1.53. The molecule has 2 rings (SSSR count).